The Kier molecular flexibility index (Phi) is 4.75. The van der Waals surface area contributed by atoms with Crippen molar-refractivity contribution in [3.05, 3.63) is 18.0 Å². The standard InChI is InChI=1S/C12H18N6O3/c1-13-11(17(2)8-9-3-6-21-16-9)14-4-5-18-10(19)7-15-12(18)20/h3,6H,4-5,7-8H2,1-2H3,(H,13,14)(H,15,20). The van der Waals surface area contributed by atoms with Gasteiger partial charge in [0.05, 0.1) is 13.1 Å². The van der Waals surface area contributed by atoms with Crippen LogP contribution in [0, 0.1) is 0 Å². The maximum absolute atomic E-state index is 11.4. The molecule has 21 heavy (non-hydrogen) atoms. The third kappa shape index (κ3) is 3.71. The first-order chi connectivity index (χ1) is 10.1. The van der Waals surface area contributed by atoms with E-state index in [2.05, 4.69) is 20.8 Å². The lowest BCUT2D eigenvalue weighted by molar-refractivity contribution is -0.124. The molecule has 114 valence electrons. The zero-order chi connectivity index (χ0) is 15.2. The van der Waals surface area contributed by atoms with Gasteiger partial charge in [0.2, 0.25) is 5.91 Å². The van der Waals surface area contributed by atoms with E-state index in [4.69, 9.17) is 4.52 Å². The van der Waals surface area contributed by atoms with E-state index in [1.165, 1.54) is 11.2 Å². The van der Waals surface area contributed by atoms with E-state index in [-0.39, 0.29) is 18.5 Å². The topological polar surface area (TPSA) is 103 Å². The average Bonchev–Trinajstić information content (AvgIpc) is 3.07. The Bertz CT molecular complexity index is 511. The Morgan fingerprint density at radius 2 is 2.43 bits per heavy atom. The molecule has 0 atom stereocenters. The van der Waals surface area contributed by atoms with Crippen LogP contribution in [-0.2, 0) is 11.3 Å². The Morgan fingerprint density at radius 1 is 1.62 bits per heavy atom. The fourth-order valence-corrected chi connectivity index (χ4v) is 1.98. The van der Waals surface area contributed by atoms with Gasteiger partial charge in [0.1, 0.15) is 12.0 Å². The molecule has 1 aliphatic rings. The van der Waals surface area contributed by atoms with E-state index in [0.29, 0.717) is 25.6 Å². The molecule has 0 bridgehead atoms. The zero-order valence-corrected chi connectivity index (χ0v) is 12.0. The first kappa shape index (κ1) is 14.8. The van der Waals surface area contributed by atoms with Gasteiger partial charge in [-0.15, -0.1) is 0 Å². The summed E-state index contributed by atoms with van der Waals surface area (Å²) in [5, 5.41) is 9.40. The number of nitrogens with zero attached hydrogens (tertiary/aromatic N) is 4. The van der Waals surface area contributed by atoms with Gasteiger partial charge in [-0.1, -0.05) is 5.16 Å². The van der Waals surface area contributed by atoms with Crippen LogP contribution in [0.5, 0.6) is 0 Å². The molecule has 3 amide bonds. The van der Waals surface area contributed by atoms with Crippen LogP contribution in [0.2, 0.25) is 0 Å². The second-order valence-corrected chi connectivity index (χ2v) is 4.52. The lowest BCUT2D eigenvalue weighted by Gasteiger charge is -2.22. The van der Waals surface area contributed by atoms with Gasteiger partial charge >= 0.3 is 6.03 Å². The van der Waals surface area contributed by atoms with Gasteiger partial charge in [-0.2, -0.15) is 0 Å². The number of carbonyl (C=O) groups is 2. The first-order valence-electron chi connectivity index (χ1n) is 6.51. The van der Waals surface area contributed by atoms with Gasteiger partial charge in [0.15, 0.2) is 5.96 Å². The molecule has 2 N–H and O–H groups in total. The van der Waals surface area contributed by atoms with E-state index in [1.807, 2.05) is 11.9 Å². The van der Waals surface area contributed by atoms with Crippen molar-refractivity contribution in [2.24, 2.45) is 4.99 Å². The minimum atomic E-state index is -0.354. The number of aliphatic imine (C=N–C) groups is 1. The number of guanidine groups is 1. The summed E-state index contributed by atoms with van der Waals surface area (Å²) >= 11 is 0. The van der Waals surface area contributed by atoms with E-state index < -0.39 is 0 Å². The number of amides is 3. The molecule has 0 unspecified atom stereocenters. The second kappa shape index (κ2) is 6.73. The van der Waals surface area contributed by atoms with Gasteiger partial charge in [-0.25, -0.2) is 4.79 Å². The summed E-state index contributed by atoms with van der Waals surface area (Å²) in [5.41, 5.74) is 0.787. The van der Waals surface area contributed by atoms with Gasteiger partial charge in [0, 0.05) is 33.3 Å². The van der Waals surface area contributed by atoms with Crippen molar-refractivity contribution in [2.45, 2.75) is 6.54 Å². The van der Waals surface area contributed by atoms with Crippen molar-refractivity contribution in [3.8, 4) is 0 Å². The molecule has 2 heterocycles. The Hall–Kier alpha value is -2.58. The van der Waals surface area contributed by atoms with Crippen LogP contribution < -0.4 is 10.6 Å². The van der Waals surface area contributed by atoms with Crippen molar-refractivity contribution >= 4 is 17.9 Å². The van der Waals surface area contributed by atoms with Gasteiger partial charge in [-0.05, 0) is 0 Å². The molecule has 1 saturated heterocycles. The van der Waals surface area contributed by atoms with Crippen LogP contribution in [0.1, 0.15) is 5.69 Å². The summed E-state index contributed by atoms with van der Waals surface area (Å²) in [7, 11) is 3.52. The second-order valence-electron chi connectivity index (χ2n) is 4.52. The Labute approximate surface area is 122 Å². The molecule has 1 fully saturated rings. The molecule has 1 aliphatic heterocycles. The highest BCUT2D eigenvalue weighted by Gasteiger charge is 2.27. The predicted octanol–water partition coefficient (Wildman–Crippen LogP) is -0.766. The summed E-state index contributed by atoms with van der Waals surface area (Å²) in [6.45, 7) is 1.33. The normalized spacial score (nSPS) is 15.3. The van der Waals surface area contributed by atoms with Crippen LogP contribution in [-0.4, -0.2) is 66.6 Å². The quantitative estimate of drug-likeness (QED) is 0.420. The number of urea groups is 1. The van der Waals surface area contributed by atoms with Crippen molar-refractivity contribution in [1.82, 2.24) is 25.6 Å². The highest BCUT2D eigenvalue weighted by molar-refractivity contribution is 6.01. The first-order valence-corrected chi connectivity index (χ1v) is 6.51. The summed E-state index contributed by atoms with van der Waals surface area (Å²) in [4.78, 5) is 30.0. The van der Waals surface area contributed by atoms with Gasteiger partial charge in [0.25, 0.3) is 0 Å². The van der Waals surface area contributed by atoms with Crippen molar-refractivity contribution < 1.29 is 14.1 Å². The lowest BCUT2D eigenvalue weighted by atomic mass is 10.4. The van der Waals surface area contributed by atoms with E-state index >= 15 is 0 Å². The highest BCUT2D eigenvalue weighted by atomic mass is 16.5. The van der Waals surface area contributed by atoms with Crippen molar-refractivity contribution in [1.29, 1.82) is 0 Å². The van der Waals surface area contributed by atoms with Crippen molar-refractivity contribution in [2.75, 3.05) is 33.7 Å². The fraction of sp³-hybridized carbons (Fsp3) is 0.500. The molecular weight excluding hydrogens is 276 g/mol. The third-order valence-corrected chi connectivity index (χ3v) is 3.02. The SMILES string of the molecule is CN=C(NCCN1C(=O)CNC1=O)N(C)Cc1ccon1. The highest BCUT2D eigenvalue weighted by Crippen LogP contribution is 2.00. The van der Waals surface area contributed by atoms with Crippen LogP contribution in [0.3, 0.4) is 0 Å². The molecule has 0 aromatic carbocycles. The number of aromatic nitrogens is 1. The molecule has 1 aromatic rings. The molecule has 0 aliphatic carbocycles. The number of hydrogen-bond donors (Lipinski definition) is 2. The van der Waals surface area contributed by atoms with Gasteiger partial charge in [-0.3, -0.25) is 14.7 Å². The molecule has 1 aromatic heterocycles. The maximum atomic E-state index is 11.4. The van der Waals surface area contributed by atoms with E-state index in [1.54, 1.807) is 13.1 Å². The van der Waals surface area contributed by atoms with E-state index in [0.717, 1.165) is 5.69 Å². The maximum Gasteiger partial charge on any atom is 0.324 e. The number of imide groups is 1. The molecule has 0 saturated carbocycles. The van der Waals surface area contributed by atoms with E-state index in [9.17, 15) is 9.59 Å². The summed E-state index contributed by atoms with van der Waals surface area (Å²) in [6, 6.07) is 1.42. The minimum Gasteiger partial charge on any atom is -0.364 e. The summed E-state index contributed by atoms with van der Waals surface area (Å²) in [6.07, 6.45) is 1.51. The van der Waals surface area contributed by atoms with Crippen LogP contribution >= 0.6 is 0 Å². The number of nitrogens with one attached hydrogen (secondary N) is 2. The number of rotatable bonds is 5. The van der Waals surface area contributed by atoms with Crippen LogP contribution in [0.25, 0.3) is 0 Å². The number of carbonyl (C=O) groups excluding carboxylic acids is 2. The molecule has 9 nitrogen and oxygen atoms in total. The lowest BCUT2D eigenvalue weighted by Crippen LogP contribution is -2.43. The monoisotopic (exact) mass is 294 g/mol. The molecule has 2 rings (SSSR count). The third-order valence-electron chi connectivity index (χ3n) is 3.02. The smallest absolute Gasteiger partial charge is 0.324 e. The Morgan fingerprint density at radius 3 is 3.00 bits per heavy atom. The fourth-order valence-electron chi connectivity index (χ4n) is 1.98. The van der Waals surface area contributed by atoms with Crippen LogP contribution in [0.4, 0.5) is 4.79 Å². The summed E-state index contributed by atoms with van der Waals surface area (Å²) in [5.74, 6) is 0.429. The molecule has 9 heteroatoms. The Balaban J connectivity index is 1.80. The van der Waals surface area contributed by atoms with Crippen molar-refractivity contribution in [3.63, 3.8) is 0 Å². The summed E-state index contributed by atoms with van der Waals surface area (Å²) < 4.78 is 4.78. The van der Waals surface area contributed by atoms with Crippen LogP contribution in [0.15, 0.2) is 21.8 Å². The molecular formula is C12H18N6O3. The van der Waals surface area contributed by atoms with Gasteiger partial charge < -0.3 is 20.1 Å². The predicted molar refractivity (Wildman–Crippen MR) is 74.4 cm³/mol. The molecule has 0 spiro atoms. The largest absolute Gasteiger partial charge is 0.364 e. The molecule has 0 radical (unpaired) electrons. The average molecular weight is 294 g/mol. The minimum absolute atomic E-state index is 0.0691. The number of hydrogen-bond acceptors (Lipinski definition) is 5. The zero-order valence-electron chi connectivity index (χ0n) is 12.0.